The number of benzene rings is 1. The van der Waals surface area contributed by atoms with Gasteiger partial charge in [0.25, 0.3) is 5.91 Å². The van der Waals surface area contributed by atoms with Gasteiger partial charge < -0.3 is 16.8 Å². The van der Waals surface area contributed by atoms with Crippen molar-refractivity contribution in [3.63, 3.8) is 0 Å². The molecule has 0 spiro atoms. The first kappa shape index (κ1) is 13.4. The molecule has 0 bridgehead atoms. The van der Waals surface area contributed by atoms with E-state index in [9.17, 15) is 4.79 Å². The fourth-order valence-electron chi connectivity index (χ4n) is 2.01. The summed E-state index contributed by atoms with van der Waals surface area (Å²) in [6.45, 7) is 0. The van der Waals surface area contributed by atoms with Gasteiger partial charge in [-0.05, 0) is 36.5 Å². The summed E-state index contributed by atoms with van der Waals surface area (Å²) >= 11 is 8.08. The second-order valence-corrected chi connectivity index (χ2v) is 5.95. The maximum atomic E-state index is 11.4. The molecule has 1 fully saturated rings. The maximum Gasteiger partial charge on any atom is 0.250 e. The van der Waals surface area contributed by atoms with Crippen LogP contribution in [0.4, 0.5) is 11.4 Å². The third-order valence-corrected chi connectivity index (χ3v) is 4.29. The van der Waals surface area contributed by atoms with Crippen LogP contribution in [-0.4, -0.2) is 23.5 Å². The van der Waals surface area contributed by atoms with E-state index in [0.717, 1.165) is 24.3 Å². The Kier molecular flexibility index (Phi) is 4.24. The van der Waals surface area contributed by atoms with Crippen molar-refractivity contribution in [3.05, 3.63) is 22.7 Å². The molecule has 0 aliphatic carbocycles. The molecule has 1 amide bonds. The molecule has 1 aliphatic rings. The summed E-state index contributed by atoms with van der Waals surface area (Å²) in [5, 5.41) is 3.77. The highest BCUT2D eigenvalue weighted by Crippen LogP contribution is 2.31. The second-order valence-electron chi connectivity index (χ2n) is 4.32. The highest BCUT2D eigenvalue weighted by Gasteiger charge is 2.19. The number of nitrogen functional groups attached to an aromatic ring is 1. The van der Waals surface area contributed by atoms with Crippen molar-refractivity contribution in [3.8, 4) is 0 Å². The van der Waals surface area contributed by atoms with Gasteiger partial charge in [-0.2, -0.15) is 11.8 Å². The largest absolute Gasteiger partial charge is 0.399 e. The minimum Gasteiger partial charge on any atom is -0.399 e. The standard InChI is InChI=1S/C12H16ClN3OS/c13-10-6-7(14)5-9(12(15)17)11(10)16-8-1-3-18-4-2-8/h5-6,8,16H,1-4,14H2,(H2,15,17). The number of nitrogens with one attached hydrogen (secondary N) is 1. The first-order valence-electron chi connectivity index (χ1n) is 5.81. The molecule has 2 rings (SSSR count). The Morgan fingerprint density at radius 3 is 2.67 bits per heavy atom. The summed E-state index contributed by atoms with van der Waals surface area (Å²) in [5.41, 5.74) is 12.4. The molecule has 0 saturated carbocycles. The number of hydrogen-bond donors (Lipinski definition) is 3. The van der Waals surface area contributed by atoms with Gasteiger partial charge in [0.1, 0.15) is 0 Å². The van der Waals surface area contributed by atoms with E-state index in [1.54, 1.807) is 12.1 Å². The van der Waals surface area contributed by atoms with Crippen LogP contribution in [0.25, 0.3) is 0 Å². The molecule has 18 heavy (non-hydrogen) atoms. The predicted molar refractivity (Wildman–Crippen MR) is 78.4 cm³/mol. The minimum atomic E-state index is -0.517. The zero-order valence-electron chi connectivity index (χ0n) is 9.91. The van der Waals surface area contributed by atoms with E-state index in [-0.39, 0.29) is 0 Å². The Morgan fingerprint density at radius 2 is 2.06 bits per heavy atom. The van der Waals surface area contributed by atoms with Gasteiger partial charge in [-0.3, -0.25) is 4.79 Å². The minimum absolute atomic E-state index is 0.338. The van der Waals surface area contributed by atoms with Crippen molar-refractivity contribution in [2.45, 2.75) is 18.9 Å². The molecule has 0 aromatic heterocycles. The number of carbonyl (C=O) groups excluding carboxylic acids is 1. The Balaban J connectivity index is 2.27. The van der Waals surface area contributed by atoms with Crippen molar-refractivity contribution in [2.75, 3.05) is 22.6 Å². The molecule has 1 aromatic rings. The van der Waals surface area contributed by atoms with E-state index in [1.165, 1.54) is 0 Å². The average Bonchev–Trinajstić information content (AvgIpc) is 2.33. The fraction of sp³-hybridized carbons (Fsp3) is 0.417. The van der Waals surface area contributed by atoms with Crippen molar-refractivity contribution in [1.29, 1.82) is 0 Å². The highest BCUT2D eigenvalue weighted by atomic mass is 35.5. The smallest absolute Gasteiger partial charge is 0.250 e. The van der Waals surface area contributed by atoms with Gasteiger partial charge in [-0.15, -0.1) is 0 Å². The summed E-state index contributed by atoms with van der Waals surface area (Å²) < 4.78 is 0. The molecular weight excluding hydrogens is 270 g/mol. The Bertz CT molecular complexity index is 461. The van der Waals surface area contributed by atoms with Gasteiger partial charge in [-0.25, -0.2) is 0 Å². The van der Waals surface area contributed by atoms with E-state index in [2.05, 4.69) is 5.32 Å². The monoisotopic (exact) mass is 285 g/mol. The SMILES string of the molecule is NC(=O)c1cc(N)cc(Cl)c1NC1CCSCC1. The van der Waals surface area contributed by atoms with Gasteiger partial charge in [0.2, 0.25) is 0 Å². The topological polar surface area (TPSA) is 81.1 Å². The zero-order chi connectivity index (χ0) is 13.1. The first-order chi connectivity index (χ1) is 8.58. The lowest BCUT2D eigenvalue weighted by Crippen LogP contribution is -2.26. The molecule has 1 aromatic carbocycles. The zero-order valence-corrected chi connectivity index (χ0v) is 11.5. The van der Waals surface area contributed by atoms with Crippen LogP contribution in [0.1, 0.15) is 23.2 Å². The maximum absolute atomic E-state index is 11.4. The van der Waals surface area contributed by atoms with Crippen molar-refractivity contribution in [2.24, 2.45) is 5.73 Å². The van der Waals surface area contributed by atoms with E-state index in [1.807, 2.05) is 11.8 Å². The van der Waals surface area contributed by atoms with E-state index >= 15 is 0 Å². The van der Waals surface area contributed by atoms with Crippen LogP contribution in [0.3, 0.4) is 0 Å². The number of halogens is 1. The van der Waals surface area contributed by atoms with E-state index in [4.69, 9.17) is 23.1 Å². The quantitative estimate of drug-likeness (QED) is 0.745. The lowest BCUT2D eigenvalue weighted by Gasteiger charge is -2.25. The Hall–Kier alpha value is -1.07. The molecule has 1 aliphatic heterocycles. The summed E-state index contributed by atoms with van der Waals surface area (Å²) in [6.07, 6.45) is 2.12. The van der Waals surface area contributed by atoms with Crippen LogP contribution in [0.2, 0.25) is 5.02 Å². The number of amides is 1. The second kappa shape index (κ2) is 5.71. The molecule has 6 heteroatoms. The summed E-state index contributed by atoms with van der Waals surface area (Å²) in [4.78, 5) is 11.4. The molecule has 4 nitrogen and oxygen atoms in total. The number of anilines is 2. The van der Waals surface area contributed by atoms with E-state index in [0.29, 0.717) is 28.0 Å². The van der Waals surface area contributed by atoms with Crippen molar-refractivity contribution >= 4 is 40.6 Å². The summed E-state index contributed by atoms with van der Waals surface area (Å²) in [6, 6.07) is 3.53. The fourth-order valence-corrected chi connectivity index (χ4v) is 3.40. The van der Waals surface area contributed by atoms with Crippen LogP contribution >= 0.6 is 23.4 Å². The van der Waals surface area contributed by atoms with E-state index < -0.39 is 5.91 Å². The third kappa shape index (κ3) is 3.03. The molecule has 5 N–H and O–H groups in total. The van der Waals surface area contributed by atoms with Crippen molar-refractivity contribution in [1.82, 2.24) is 0 Å². The number of hydrogen-bond acceptors (Lipinski definition) is 4. The predicted octanol–water partition coefficient (Wildman–Crippen LogP) is 2.33. The molecule has 0 unspecified atom stereocenters. The van der Waals surface area contributed by atoms with Gasteiger partial charge >= 0.3 is 0 Å². The molecule has 0 atom stereocenters. The number of rotatable bonds is 3. The number of primary amides is 1. The third-order valence-electron chi connectivity index (χ3n) is 2.95. The lowest BCUT2D eigenvalue weighted by molar-refractivity contribution is 0.100. The summed E-state index contributed by atoms with van der Waals surface area (Å²) in [5.74, 6) is 1.73. The number of thioether (sulfide) groups is 1. The average molecular weight is 286 g/mol. The Morgan fingerprint density at radius 1 is 1.39 bits per heavy atom. The van der Waals surface area contributed by atoms with Crippen LogP contribution < -0.4 is 16.8 Å². The Labute approximate surface area is 115 Å². The normalized spacial score (nSPS) is 16.5. The van der Waals surface area contributed by atoms with Crippen LogP contribution in [0, 0.1) is 0 Å². The number of carbonyl (C=O) groups is 1. The van der Waals surface area contributed by atoms with Crippen LogP contribution in [0.5, 0.6) is 0 Å². The van der Waals surface area contributed by atoms with Crippen LogP contribution in [0.15, 0.2) is 12.1 Å². The highest BCUT2D eigenvalue weighted by molar-refractivity contribution is 7.99. The van der Waals surface area contributed by atoms with Gasteiger partial charge in [0, 0.05) is 11.7 Å². The molecule has 0 radical (unpaired) electrons. The molecular formula is C12H16ClN3OS. The van der Waals surface area contributed by atoms with Gasteiger partial charge in [-0.1, -0.05) is 11.6 Å². The van der Waals surface area contributed by atoms with Crippen LogP contribution in [-0.2, 0) is 0 Å². The van der Waals surface area contributed by atoms with Gasteiger partial charge in [0.15, 0.2) is 0 Å². The molecule has 98 valence electrons. The number of nitrogens with two attached hydrogens (primary N) is 2. The van der Waals surface area contributed by atoms with Gasteiger partial charge in [0.05, 0.1) is 16.3 Å². The molecule has 1 heterocycles. The first-order valence-corrected chi connectivity index (χ1v) is 7.34. The molecule has 1 saturated heterocycles. The van der Waals surface area contributed by atoms with Crippen molar-refractivity contribution < 1.29 is 4.79 Å². The summed E-state index contributed by atoms with van der Waals surface area (Å²) in [7, 11) is 0. The lowest BCUT2D eigenvalue weighted by atomic mass is 10.1.